The molecule has 0 bridgehead atoms. The summed E-state index contributed by atoms with van der Waals surface area (Å²) in [4.78, 5) is 19.4. The smallest absolute Gasteiger partial charge is 0.259 e. The highest BCUT2D eigenvalue weighted by atomic mass is 32.2. The molecular formula is C20H19N3O2S. The van der Waals surface area contributed by atoms with Crippen molar-refractivity contribution < 1.29 is 9.53 Å². The molecule has 26 heavy (non-hydrogen) atoms. The van der Waals surface area contributed by atoms with E-state index < -0.39 is 0 Å². The van der Waals surface area contributed by atoms with Gasteiger partial charge in [-0.1, -0.05) is 17.8 Å². The van der Waals surface area contributed by atoms with Crippen molar-refractivity contribution in [2.75, 3.05) is 19.4 Å². The number of amides is 1. The molecule has 1 saturated heterocycles. The Hall–Kier alpha value is -2.78. The summed E-state index contributed by atoms with van der Waals surface area (Å²) in [6.45, 7) is 2.62. The molecule has 6 heteroatoms. The van der Waals surface area contributed by atoms with Crippen LogP contribution in [-0.2, 0) is 0 Å². The lowest BCUT2D eigenvalue weighted by molar-refractivity contribution is 0.0849. The third kappa shape index (κ3) is 3.89. The fourth-order valence-electron chi connectivity index (χ4n) is 2.67. The molecule has 1 fully saturated rings. The van der Waals surface area contributed by atoms with E-state index in [4.69, 9.17) is 15.0 Å². The Balaban J connectivity index is 1.94. The molecule has 0 N–H and O–H groups in total. The van der Waals surface area contributed by atoms with E-state index in [9.17, 15) is 4.79 Å². The van der Waals surface area contributed by atoms with E-state index in [2.05, 4.69) is 6.07 Å². The Morgan fingerprint density at radius 1 is 1.27 bits per heavy atom. The fourth-order valence-corrected chi connectivity index (χ4v) is 3.62. The zero-order valence-electron chi connectivity index (χ0n) is 14.7. The van der Waals surface area contributed by atoms with Crippen molar-refractivity contribution in [2.45, 2.75) is 13.3 Å². The Kier molecular flexibility index (Phi) is 5.59. The number of amidine groups is 1. The first kappa shape index (κ1) is 18.0. The Bertz CT molecular complexity index is 885. The summed E-state index contributed by atoms with van der Waals surface area (Å²) in [7, 11) is 1.61. The minimum absolute atomic E-state index is 0.105. The van der Waals surface area contributed by atoms with Gasteiger partial charge in [-0.25, -0.2) is 4.99 Å². The molecule has 2 aromatic rings. The monoisotopic (exact) mass is 365 g/mol. The topological polar surface area (TPSA) is 65.7 Å². The number of carbonyl (C=O) groups excluding carboxylic acids is 1. The Labute approximate surface area is 157 Å². The molecule has 132 valence electrons. The molecule has 3 rings (SSSR count). The number of aryl methyl sites for hydroxylation is 1. The van der Waals surface area contributed by atoms with Crippen LogP contribution in [0.15, 0.2) is 47.5 Å². The van der Waals surface area contributed by atoms with E-state index in [0.717, 1.165) is 23.4 Å². The van der Waals surface area contributed by atoms with Crippen LogP contribution in [0, 0.1) is 18.3 Å². The van der Waals surface area contributed by atoms with E-state index in [1.54, 1.807) is 48.0 Å². The van der Waals surface area contributed by atoms with Crippen molar-refractivity contribution in [3.05, 3.63) is 59.2 Å². The average molecular weight is 365 g/mol. The first-order valence-corrected chi connectivity index (χ1v) is 9.29. The SMILES string of the molecule is COc1ccc(C)cc1N=C1SCCCN1C(=O)c1ccc(C#N)cc1. The number of methoxy groups -OCH3 is 1. The molecule has 1 aliphatic rings. The number of benzene rings is 2. The quantitative estimate of drug-likeness (QED) is 0.820. The molecule has 0 aromatic heterocycles. The molecule has 1 amide bonds. The number of carbonyl (C=O) groups is 1. The summed E-state index contributed by atoms with van der Waals surface area (Å²) in [5.41, 5.74) is 2.88. The maximum atomic E-state index is 12.9. The lowest BCUT2D eigenvalue weighted by Gasteiger charge is -2.28. The lowest BCUT2D eigenvalue weighted by atomic mass is 10.1. The minimum Gasteiger partial charge on any atom is -0.494 e. The number of thioether (sulfide) groups is 1. The normalized spacial score (nSPS) is 15.6. The van der Waals surface area contributed by atoms with Crippen LogP contribution in [0.5, 0.6) is 5.75 Å². The van der Waals surface area contributed by atoms with Crippen molar-refractivity contribution in [3.63, 3.8) is 0 Å². The second-order valence-electron chi connectivity index (χ2n) is 5.92. The van der Waals surface area contributed by atoms with Gasteiger partial charge in [0, 0.05) is 17.9 Å². The van der Waals surface area contributed by atoms with Gasteiger partial charge in [-0.15, -0.1) is 0 Å². The Morgan fingerprint density at radius 3 is 2.73 bits per heavy atom. The van der Waals surface area contributed by atoms with Crippen molar-refractivity contribution in [1.82, 2.24) is 4.90 Å². The van der Waals surface area contributed by atoms with E-state index in [1.165, 1.54) is 0 Å². The summed E-state index contributed by atoms with van der Waals surface area (Å²) < 4.78 is 5.40. The third-order valence-corrected chi connectivity index (χ3v) is 5.11. The highest BCUT2D eigenvalue weighted by Gasteiger charge is 2.25. The van der Waals surface area contributed by atoms with Gasteiger partial charge in [0.2, 0.25) is 0 Å². The number of nitriles is 1. The summed E-state index contributed by atoms with van der Waals surface area (Å²) in [6, 6.07) is 14.6. The standard InChI is InChI=1S/C20H19N3O2S/c1-14-4-9-18(25-2)17(12-14)22-20-23(10-3-11-26-20)19(24)16-7-5-15(13-21)6-8-16/h4-9,12H,3,10-11H2,1-2H3. The molecule has 1 aliphatic heterocycles. The maximum absolute atomic E-state index is 12.9. The first-order chi connectivity index (χ1) is 12.6. The summed E-state index contributed by atoms with van der Waals surface area (Å²) in [5.74, 6) is 1.50. The van der Waals surface area contributed by atoms with E-state index in [0.29, 0.717) is 28.6 Å². The van der Waals surface area contributed by atoms with Crippen LogP contribution in [0.3, 0.4) is 0 Å². The molecule has 0 spiro atoms. The van der Waals surface area contributed by atoms with Gasteiger partial charge in [-0.3, -0.25) is 9.69 Å². The van der Waals surface area contributed by atoms with Crippen molar-refractivity contribution in [1.29, 1.82) is 5.26 Å². The van der Waals surface area contributed by atoms with Gasteiger partial charge in [-0.2, -0.15) is 5.26 Å². The molecule has 5 nitrogen and oxygen atoms in total. The van der Waals surface area contributed by atoms with Gasteiger partial charge in [-0.05, 0) is 55.3 Å². The molecule has 0 unspecified atom stereocenters. The van der Waals surface area contributed by atoms with Gasteiger partial charge in [0.15, 0.2) is 5.17 Å². The van der Waals surface area contributed by atoms with E-state index in [-0.39, 0.29) is 5.91 Å². The largest absolute Gasteiger partial charge is 0.494 e. The molecule has 1 heterocycles. The molecule has 0 aliphatic carbocycles. The molecule has 0 radical (unpaired) electrons. The van der Waals surface area contributed by atoms with Gasteiger partial charge in [0.1, 0.15) is 11.4 Å². The maximum Gasteiger partial charge on any atom is 0.259 e. The van der Waals surface area contributed by atoms with Crippen molar-refractivity contribution >= 4 is 28.5 Å². The molecule has 0 atom stereocenters. The predicted octanol–water partition coefficient (Wildman–Crippen LogP) is 4.14. The minimum atomic E-state index is -0.105. The zero-order valence-corrected chi connectivity index (χ0v) is 15.5. The van der Waals surface area contributed by atoms with Crippen LogP contribution < -0.4 is 4.74 Å². The van der Waals surface area contributed by atoms with Crippen molar-refractivity contribution in [3.8, 4) is 11.8 Å². The summed E-state index contributed by atoms with van der Waals surface area (Å²) in [6.07, 6.45) is 0.913. The van der Waals surface area contributed by atoms with Gasteiger partial charge < -0.3 is 4.74 Å². The molecular weight excluding hydrogens is 346 g/mol. The second kappa shape index (κ2) is 8.07. The van der Waals surface area contributed by atoms with Crippen LogP contribution in [0.2, 0.25) is 0 Å². The van der Waals surface area contributed by atoms with Gasteiger partial charge in [0.05, 0.1) is 18.7 Å². The van der Waals surface area contributed by atoms with Crippen LogP contribution in [0.25, 0.3) is 0 Å². The molecule has 0 saturated carbocycles. The van der Waals surface area contributed by atoms with Gasteiger partial charge in [0.25, 0.3) is 5.91 Å². The number of nitrogens with zero attached hydrogens (tertiary/aromatic N) is 3. The summed E-state index contributed by atoms with van der Waals surface area (Å²) in [5, 5.41) is 9.59. The van der Waals surface area contributed by atoms with Crippen LogP contribution in [0.1, 0.15) is 27.9 Å². The zero-order chi connectivity index (χ0) is 18.5. The molecule has 2 aromatic carbocycles. The van der Waals surface area contributed by atoms with Crippen LogP contribution in [0.4, 0.5) is 5.69 Å². The lowest BCUT2D eigenvalue weighted by Crippen LogP contribution is -2.39. The van der Waals surface area contributed by atoms with E-state index in [1.807, 2.05) is 25.1 Å². The average Bonchev–Trinajstić information content (AvgIpc) is 2.68. The number of hydrogen-bond donors (Lipinski definition) is 0. The second-order valence-corrected chi connectivity index (χ2v) is 6.98. The fraction of sp³-hybridized carbons (Fsp3) is 0.250. The third-order valence-electron chi connectivity index (χ3n) is 4.04. The number of aliphatic imine (C=N–C) groups is 1. The number of rotatable bonds is 3. The van der Waals surface area contributed by atoms with Gasteiger partial charge >= 0.3 is 0 Å². The first-order valence-electron chi connectivity index (χ1n) is 8.30. The summed E-state index contributed by atoms with van der Waals surface area (Å²) >= 11 is 1.57. The number of hydrogen-bond acceptors (Lipinski definition) is 5. The van der Waals surface area contributed by atoms with Crippen LogP contribution >= 0.6 is 11.8 Å². The van der Waals surface area contributed by atoms with Crippen LogP contribution in [-0.4, -0.2) is 35.4 Å². The Morgan fingerprint density at radius 2 is 2.04 bits per heavy atom. The highest BCUT2D eigenvalue weighted by molar-refractivity contribution is 8.13. The van der Waals surface area contributed by atoms with E-state index >= 15 is 0 Å². The number of ether oxygens (including phenoxy) is 1. The highest BCUT2D eigenvalue weighted by Crippen LogP contribution is 2.31. The predicted molar refractivity (Wildman–Crippen MR) is 104 cm³/mol. The van der Waals surface area contributed by atoms with Crippen molar-refractivity contribution in [2.24, 2.45) is 4.99 Å².